The average molecular weight is 860 g/mol. The smallest absolute Gasteiger partial charge is 0.412 e. The number of pyridine rings is 1. The van der Waals surface area contributed by atoms with Gasteiger partial charge < -0.3 is 23.8 Å². The molecule has 2 bridgehead atoms. The Labute approximate surface area is 356 Å². The summed E-state index contributed by atoms with van der Waals surface area (Å²) in [7, 11) is 0. The van der Waals surface area contributed by atoms with Gasteiger partial charge in [0.05, 0.1) is 35.8 Å². The highest BCUT2D eigenvalue weighted by Crippen LogP contribution is 2.49. The fourth-order valence-corrected chi connectivity index (χ4v) is 10.2. The number of piperazine rings is 1. The molecule has 1 unspecified atom stereocenters. The summed E-state index contributed by atoms with van der Waals surface area (Å²) >= 11 is 0. The van der Waals surface area contributed by atoms with E-state index in [4.69, 9.17) is 35.3 Å². The first-order valence-electron chi connectivity index (χ1n) is 21.0. The molecule has 2 amide bonds. The largest absolute Gasteiger partial charge is 0.472 e. The van der Waals surface area contributed by atoms with E-state index in [9.17, 15) is 18.4 Å². The Kier molecular flexibility index (Phi) is 9.73. The van der Waals surface area contributed by atoms with E-state index in [2.05, 4.69) is 16.2 Å². The molecule has 0 aliphatic carbocycles. The van der Waals surface area contributed by atoms with E-state index in [0.717, 1.165) is 0 Å². The number of benzene rings is 2. The molecule has 1 N–H and O–H groups in total. The van der Waals surface area contributed by atoms with Crippen molar-refractivity contribution in [3.63, 3.8) is 0 Å². The molecule has 9 rings (SSSR count). The zero-order valence-electron chi connectivity index (χ0n) is 35.7. The van der Waals surface area contributed by atoms with E-state index in [1.807, 2.05) is 11.8 Å². The van der Waals surface area contributed by atoms with Gasteiger partial charge in [0.15, 0.2) is 5.82 Å². The second kappa shape index (κ2) is 14.5. The lowest BCUT2D eigenvalue weighted by atomic mass is 9.94. The molecule has 13 nitrogen and oxygen atoms in total. The quantitative estimate of drug-likeness (QED) is 0.153. The third-order valence-corrected chi connectivity index (χ3v) is 12.4. The summed E-state index contributed by atoms with van der Waals surface area (Å²) in [5.74, 6) is -2.01. The van der Waals surface area contributed by atoms with Crippen LogP contribution in [-0.4, -0.2) is 110 Å². The maximum absolute atomic E-state index is 17.8. The zero-order chi connectivity index (χ0) is 44.3. The second-order valence-electron chi connectivity index (χ2n) is 19.2. The van der Waals surface area contributed by atoms with Gasteiger partial charge in [-0.25, -0.2) is 32.1 Å². The van der Waals surface area contributed by atoms with E-state index in [0.29, 0.717) is 37.6 Å². The summed E-state index contributed by atoms with van der Waals surface area (Å²) in [5, 5.41) is 3.31. The first-order valence-corrected chi connectivity index (χ1v) is 21.0. The number of nitrogens with zero attached hydrogens (tertiary/aromatic N) is 6. The van der Waals surface area contributed by atoms with E-state index in [1.165, 1.54) is 18.2 Å². The highest BCUT2D eigenvalue weighted by molar-refractivity contribution is 6.06. The van der Waals surface area contributed by atoms with Gasteiger partial charge in [0, 0.05) is 29.6 Å². The predicted molar refractivity (Wildman–Crippen MR) is 223 cm³/mol. The summed E-state index contributed by atoms with van der Waals surface area (Å²) in [6, 6.07) is 4.14. The number of fused-ring (bicyclic) bond motifs is 7. The molecule has 2 aromatic carbocycles. The molecule has 2 aromatic heterocycles. The molecule has 328 valence electrons. The molecule has 7 heterocycles. The Morgan fingerprint density at radius 1 is 1.03 bits per heavy atom. The Hall–Kier alpha value is -5.63. The fourth-order valence-electron chi connectivity index (χ4n) is 10.2. The number of anilines is 2. The molecule has 5 atom stereocenters. The van der Waals surface area contributed by atoms with Gasteiger partial charge in [0.25, 0.3) is 5.92 Å². The van der Waals surface area contributed by atoms with Crippen LogP contribution in [0.5, 0.6) is 11.9 Å². The van der Waals surface area contributed by atoms with Gasteiger partial charge in [0.1, 0.15) is 52.1 Å². The summed E-state index contributed by atoms with van der Waals surface area (Å²) < 4.78 is 87.3. The van der Waals surface area contributed by atoms with Crippen LogP contribution in [0.25, 0.3) is 32.9 Å². The molecule has 0 spiro atoms. The van der Waals surface area contributed by atoms with Gasteiger partial charge in [-0.1, -0.05) is 12.0 Å². The van der Waals surface area contributed by atoms with Crippen molar-refractivity contribution in [3.05, 3.63) is 41.5 Å². The van der Waals surface area contributed by atoms with Gasteiger partial charge in [-0.15, -0.1) is 6.42 Å². The van der Waals surface area contributed by atoms with Crippen molar-refractivity contribution >= 4 is 45.4 Å². The molecule has 4 fully saturated rings. The van der Waals surface area contributed by atoms with Gasteiger partial charge in [-0.05, 0) is 104 Å². The highest BCUT2D eigenvalue weighted by atomic mass is 19.3. The Balaban J connectivity index is 1.23. The minimum atomic E-state index is -2.90. The Morgan fingerprint density at radius 2 is 1.79 bits per heavy atom. The van der Waals surface area contributed by atoms with Crippen LogP contribution in [0.2, 0.25) is 0 Å². The van der Waals surface area contributed by atoms with Crippen molar-refractivity contribution in [3.8, 4) is 35.5 Å². The number of rotatable bonds is 5. The van der Waals surface area contributed by atoms with Crippen LogP contribution >= 0.6 is 0 Å². The normalized spacial score (nSPS) is 25.2. The third kappa shape index (κ3) is 7.23. The number of carbonyl (C=O) groups excluding carboxylic acids is 2. The van der Waals surface area contributed by atoms with Gasteiger partial charge in [-0.3, -0.25) is 15.1 Å². The van der Waals surface area contributed by atoms with Crippen LogP contribution in [0.15, 0.2) is 24.3 Å². The van der Waals surface area contributed by atoms with Gasteiger partial charge >= 0.3 is 18.2 Å². The van der Waals surface area contributed by atoms with Crippen molar-refractivity contribution in [2.75, 3.05) is 36.5 Å². The number of alkyl halides is 2. The number of ether oxygens (including phenoxy) is 4. The monoisotopic (exact) mass is 859 g/mol. The van der Waals surface area contributed by atoms with E-state index >= 15 is 8.78 Å². The van der Waals surface area contributed by atoms with Crippen molar-refractivity contribution in [1.82, 2.24) is 24.8 Å². The van der Waals surface area contributed by atoms with Crippen LogP contribution in [0, 0.1) is 24.0 Å². The van der Waals surface area contributed by atoms with Crippen molar-refractivity contribution in [1.29, 1.82) is 0 Å². The first-order chi connectivity index (χ1) is 29.1. The summed E-state index contributed by atoms with van der Waals surface area (Å²) in [6.07, 6.45) is 6.04. The maximum atomic E-state index is 17.8. The highest BCUT2D eigenvalue weighted by Gasteiger charge is 2.58. The van der Waals surface area contributed by atoms with E-state index < -0.39 is 71.1 Å². The number of hydrogen-bond donors (Lipinski definition) is 1. The number of terminal acetylenes is 1. The number of halogens is 4. The summed E-state index contributed by atoms with van der Waals surface area (Å²) in [4.78, 5) is 46.5. The zero-order valence-corrected chi connectivity index (χ0v) is 35.7. The molecule has 17 heteroatoms. The minimum Gasteiger partial charge on any atom is -0.472 e. The molecule has 0 radical (unpaired) electrons. The lowest BCUT2D eigenvalue weighted by Gasteiger charge is -2.48. The second-order valence-corrected chi connectivity index (χ2v) is 19.2. The molecule has 4 saturated heterocycles. The number of aromatic nitrogens is 3. The maximum Gasteiger partial charge on any atom is 0.412 e. The molecular formula is C45H49F4N7O6. The van der Waals surface area contributed by atoms with Gasteiger partial charge in [0.2, 0.25) is 5.88 Å². The van der Waals surface area contributed by atoms with Crippen LogP contribution in [0.3, 0.4) is 0 Å². The Morgan fingerprint density at radius 3 is 2.52 bits per heavy atom. The van der Waals surface area contributed by atoms with Gasteiger partial charge in [-0.2, -0.15) is 9.97 Å². The number of amides is 2. The Bertz CT molecular complexity index is 2570. The lowest BCUT2D eigenvalue weighted by molar-refractivity contribution is 0.000850. The van der Waals surface area contributed by atoms with Crippen LogP contribution in [-0.2, 0) is 9.47 Å². The van der Waals surface area contributed by atoms with Crippen molar-refractivity contribution in [2.45, 2.75) is 127 Å². The molecule has 0 saturated carbocycles. The standard InChI is InChI=1S/C45H49F4N7O6/c1-9-27-29(46)13-11-24-17-25(50-40(57)61-42(3,4)5)18-28(31(24)27)34-33(47)35-32-37(53-39(52-35)59-22-44-15-10-16-54(44)21-45(48,49)20-44)55-19-26-12-14-30(36(55)23(2)60-38(32)51-34)56(26)41(58)62-43(6,7)8/h1,11,13,17-18,23,26,30,36H,10,12,14-16,19-22H2,2-8H3,(H,50,57)/t23-,26+,30-,36+,44?/m0/s1. The van der Waals surface area contributed by atoms with Crippen LogP contribution < -0.4 is 19.7 Å². The van der Waals surface area contributed by atoms with Crippen LogP contribution in [0.1, 0.15) is 86.1 Å². The summed E-state index contributed by atoms with van der Waals surface area (Å²) in [5.41, 5.74) is -3.11. The first kappa shape index (κ1) is 41.7. The number of hydrogen-bond acceptors (Lipinski definition) is 11. The molecule has 4 aromatic rings. The molecule has 62 heavy (non-hydrogen) atoms. The molecular weight excluding hydrogens is 811 g/mol. The van der Waals surface area contributed by atoms with Crippen molar-refractivity contribution in [2.24, 2.45) is 0 Å². The average Bonchev–Trinajstić information content (AvgIpc) is 3.75. The summed E-state index contributed by atoms with van der Waals surface area (Å²) in [6.45, 7) is 12.6. The number of nitrogens with one attached hydrogen (secondary N) is 1. The molecule has 5 aliphatic rings. The molecule has 5 aliphatic heterocycles. The topological polar surface area (TPSA) is 131 Å². The van der Waals surface area contributed by atoms with Crippen LogP contribution in [0.4, 0.5) is 38.7 Å². The third-order valence-electron chi connectivity index (χ3n) is 12.4. The lowest BCUT2D eigenvalue weighted by Crippen LogP contribution is -2.65. The van der Waals surface area contributed by atoms with E-state index in [1.54, 1.807) is 57.4 Å². The fraction of sp³-hybridized carbons (Fsp3) is 0.533. The van der Waals surface area contributed by atoms with Crippen molar-refractivity contribution < 1.29 is 46.1 Å². The predicted octanol–water partition coefficient (Wildman–Crippen LogP) is 8.44. The SMILES string of the molecule is C#Cc1c(F)ccc2cc(NC(=O)OC(C)(C)C)cc(-c3nc4c5c(nc(OCC67CCCN6CC(F)(F)C7)nc5c3F)N3C[C@H]5CC[C@@H]([C@H]3[C@H](C)O4)N5C(=O)OC(C)(C)C)c12. The minimum absolute atomic E-state index is 0.0151. The van der Waals surface area contributed by atoms with E-state index in [-0.39, 0.29) is 82.2 Å². The number of carbonyl (C=O) groups is 2.